The van der Waals surface area contributed by atoms with Gasteiger partial charge in [0.1, 0.15) is 0 Å². The summed E-state index contributed by atoms with van der Waals surface area (Å²) in [5.74, 6) is 0. The molecule has 0 N–H and O–H groups in total. The molecule has 0 amide bonds. The minimum Gasteiger partial charge on any atom is -0.381 e. The van der Waals surface area contributed by atoms with Crippen molar-refractivity contribution >= 4 is 0 Å². The predicted octanol–water partition coefficient (Wildman–Crippen LogP) is 9.44. The van der Waals surface area contributed by atoms with Crippen LogP contribution in [-0.2, 0) is 4.74 Å². The fraction of sp³-hybridized carbons (Fsp3) is 0.962. The first-order valence-corrected chi connectivity index (χ1v) is 12.8. The Hall–Kier alpha value is -0.0400. The number of hydrogen-bond donors (Lipinski definition) is 0. The summed E-state index contributed by atoms with van der Waals surface area (Å²) < 4.78 is 5.52. The Kier molecular flexibility index (Phi) is 25.9. The van der Waals surface area contributed by atoms with Crippen molar-refractivity contribution in [2.24, 2.45) is 0 Å². The average molecular weight is 382 g/mol. The van der Waals surface area contributed by atoms with Crippen molar-refractivity contribution in [3.8, 4) is 0 Å². The van der Waals surface area contributed by atoms with Gasteiger partial charge in [-0.05, 0) is 12.8 Å². The van der Waals surface area contributed by atoms with Crippen molar-refractivity contribution in [1.82, 2.24) is 0 Å². The van der Waals surface area contributed by atoms with E-state index in [2.05, 4.69) is 13.8 Å². The second-order valence-corrected chi connectivity index (χ2v) is 8.54. The Labute approximate surface area is 173 Å². The number of hydrogen-bond acceptors (Lipinski definition) is 1. The summed E-state index contributed by atoms with van der Waals surface area (Å²) in [4.78, 5) is 0. The second kappa shape index (κ2) is 26.0. The third kappa shape index (κ3) is 26.0. The summed E-state index contributed by atoms with van der Waals surface area (Å²) in [5.41, 5.74) is 0. The van der Waals surface area contributed by atoms with Gasteiger partial charge in [-0.3, -0.25) is 0 Å². The van der Waals surface area contributed by atoms with Gasteiger partial charge in [-0.2, -0.15) is 0 Å². The highest BCUT2D eigenvalue weighted by atomic mass is 16.5. The average Bonchev–Trinajstić information content (AvgIpc) is 2.68. The lowest BCUT2D eigenvalue weighted by Crippen LogP contribution is -1.95. The van der Waals surface area contributed by atoms with Crippen LogP contribution < -0.4 is 0 Å². The summed E-state index contributed by atoms with van der Waals surface area (Å²) in [6.45, 7) is 8.01. The van der Waals surface area contributed by atoms with E-state index in [1.165, 1.54) is 128 Å². The van der Waals surface area contributed by atoms with Crippen LogP contribution in [0.3, 0.4) is 0 Å². The van der Waals surface area contributed by atoms with Crippen LogP contribution in [0.1, 0.15) is 148 Å². The molecule has 0 heterocycles. The Bertz CT molecular complexity index is 214. The molecule has 0 aromatic rings. The Morgan fingerprint density at radius 1 is 0.407 bits per heavy atom. The molecule has 163 valence electrons. The van der Waals surface area contributed by atoms with Gasteiger partial charge >= 0.3 is 0 Å². The molecule has 0 fully saturated rings. The Morgan fingerprint density at radius 3 is 1.00 bits per heavy atom. The van der Waals surface area contributed by atoms with Gasteiger partial charge < -0.3 is 4.74 Å². The molecule has 27 heavy (non-hydrogen) atoms. The molecule has 1 radical (unpaired) electrons. The zero-order valence-electron chi connectivity index (χ0n) is 19.1. The zero-order chi connectivity index (χ0) is 19.7. The van der Waals surface area contributed by atoms with Crippen LogP contribution in [0, 0.1) is 6.92 Å². The van der Waals surface area contributed by atoms with E-state index in [9.17, 15) is 0 Å². The minimum atomic E-state index is 0.942. The van der Waals surface area contributed by atoms with Crippen molar-refractivity contribution in [1.29, 1.82) is 0 Å². The van der Waals surface area contributed by atoms with Crippen LogP contribution in [0.4, 0.5) is 0 Å². The smallest absolute Gasteiger partial charge is 0.0466 e. The van der Waals surface area contributed by atoms with E-state index >= 15 is 0 Å². The monoisotopic (exact) mass is 381 g/mol. The van der Waals surface area contributed by atoms with Crippen LogP contribution in [-0.4, -0.2) is 13.2 Å². The van der Waals surface area contributed by atoms with Crippen LogP contribution in [0.5, 0.6) is 0 Å². The van der Waals surface area contributed by atoms with E-state index in [1.54, 1.807) is 0 Å². The van der Waals surface area contributed by atoms with E-state index in [-0.39, 0.29) is 0 Å². The first-order valence-electron chi connectivity index (χ1n) is 12.8. The van der Waals surface area contributed by atoms with E-state index in [0.29, 0.717) is 0 Å². The summed E-state index contributed by atoms with van der Waals surface area (Å²) in [7, 11) is 0. The molecule has 0 atom stereocenters. The summed E-state index contributed by atoms with van der Waals surface area (Å²) in [5, 5.41) is 0. The van der Waals surface area contributed by atoms with Gasteiger partial charge in [0.2, 0.25) is 0 Å². The number of unbranched alkanes of at least 4 members (excludes halogenated alkanes) is 20. The first kappa shape index (κ1) is 27.0. The number of rotatable bonds is 24. The third-order valence-electron chi connectivity index (χ3n) is 5.64. The molecule has 0 aliphatic carbocycles. The molecule has 0 aromatic carbocycles. The molecule has 1 nitrogen and oxygen atoms in total. The van der Waals surface area contributed by atoms with Crippen LogP contribution in [0.2, 0.25) is 0 Å². The summed E-state index contributed by atoms with van der Waals surface area (Å²) in [6, 6.07) is 0. The normalized spacial score (nSPS) is 11.3. The Balaban J connectivity index is 2.95. The van der Waals surface area contributed by atoms with Gasteiger partial charge in [0.15, 0.2) is 0 Å². The molecule has 0 saturated carbocycles. The molecule has 0 bridgehead atoms. The summed E-state index contributed by atoms with van der Waals surface area (Å²) >= 11 is 0. The number of ether oxygens (including phenoxy) is 1. The van der Waals surface area contributed by atoms with E-state index in [0.717, 1.165) is 26.1 Å². The molecule has 0 spiro atoms. The van der Waals surface area contributed by atoms with Crippen molar-refractivity contribution < 1.29 is 4.74 Å². The van der Waals surface area contributed by atoms with Crippen molar-refractivity contribution in [3.05, 3.63) is 6.92 Å². The highest BCUT2D eigenvalue weighted by molar-refractivity contribution is 4.51. The maximum absolute atomic E-state index is 5.52. The topological polar surface area (TPSA) is 9.23 Å². The van der Waals surface area contributed by atoms with Crippen molar-refractivity contribution in [2.45, 2.75) is 148 Å². The van der Waals surface area contributed by atoms with Crippen molar-refractivity contribution in [2.75, 3.05) is 13.2 Å². The maximum atomic E-state index is 5.52. The van der Waals surface area contributed by atoms with Gasteiger partial charge in [0.25, 0.3) is 0 Å². The Morgan fingerprint density at radius 2 is 0.704 bits per heavy atom. The van der Waals surface area contributed by atoms with Gasteiger partial charge in [0, 0.05) is 13.2 Å². The van der Waals surface area contributed by atoms with Gasteiger partial charge in [-0.25, -0.2) is 0 Å². The van der Waals surface area contributed by atoms with E-state index < -0.39 is 0 Å². The lowest BCUT2D eigenvalue weighted by molar-refractivity contribution is 0.130. The zero-order valence-corrected chi connectivity index (χ0v) is 19.1. The minimum absolute atomic E-state index is 0.942. The lowest BCUT2D eigenvalue weighted by Gasteiger charge is -2.04. The third-order valence-corrected chi connectivity index (χ3v) is 5.64. The molecule has 0 aromatic heterocycles. The maximum Gasteiger partial charge on any atom is 0.0466 e. The van der Waals surface area contributed by atoms with Gasteiger partial charge in [-0.1, -0.05) is 142 Å². The van der Waals surface area contributed by atoms with E-state index in [1.807, 2.05) is 0 Å². The molecule has 0 saturated heterocycles. The molecule has 0 rings (SSSR count). The van der Waals surface area contributed by atoms with Gasteiger partial charge in [0.05, 0.1) is 0 Å². The SMILES string of the molecule is [CH2]CCCCCCCCCCCCCCCCCCCCCCOCCC. The fourth-order valence-electron chi connectivity index (χ4n) is 3.81. The second-order valence-electron chi connectivity index (χ2n) is 8.54. The van der Waals surface area contributed by atoms with Crippen LogP contribution in [0.25, 0.3) is 0 Å². The van der Waals surface area contributed by atoms with Crippen LogP contribution >= 0.6 is 0 Å². The van der Waals surface area contributed by atoms with E-state index in [4.69, 9.17) is 4.74 Å². The highest BCUT2D eigenvalue weighted by Gasteiger charge is 1.95. The molecule has 0 unspecified atom stereocenters. The molecular weight excluding hydrogens is 328 g/mol. The predicted molar refractivity (Wildman–Crippen MR) is 123 cm³/mol. The molecule has 0 aliphatic heterocycles. The standard InChI is InChI=1S/C26H53O/c1-3-5-6-7-8-9-10-11-12-13-14-15-16-17-18-19-20-21-22-23-24-26-27-25-4-2/h1,3-26H2,2H3. The van der Waals surface area contributed by atoms with Crippen LogP contribution in [0.15, 0.2) is 0 Å². The summed E-state index contributed by atoms with van der Waals surface area (Å²) in [6.07, 6.45) is 31.0. The van der Waals surface area contributed by atoms with Crippen molar-refractivity contribution in [3.63, 3.8) is 0 Å². The molecular formula is C26H53O. The quantitative estimate of drug-likeness (QED) is 0.151. The highest BCUT2D eigenvalue weighted by Crippen LogP contribution is 2.15. The molecule has 0 aliphatic rings. The molecule has 1 heteroatoms. The first-order chi connectivity index (χ1) is 13.4. The fourth-order valence-corrected chi connectivity index (χ4v) is 3.81. The lowest BCUT2D eigenvalue weighted by atomic mass is 10.0. The van der Waals surface area contributed by atoms with Gasteiger partial charge in [-0.15, -0.1) is 0 Å². The largest absolute Gasteiger partial charge is 0.381 e.